The molecule has 0 saturated heterocycles. The zero-order chi connectivity index (χ0) is 15.9. The third-order valence-electron chi connectivity index (χ3n) is 3.34. The number of rotatable bonds is 7. The first-order valence-electron chi connectivity index (χ1n) is 7.19. The van der Waals surface area contributed by atoms with Crippen molar-refractivity contribution in [3.05, 3.63) is 85.0 Å². The highest BCUT2D eigenvalue weighted by Crippen LogP contribution is 2.18. The van der Waals surface area contributed by atoms with Crippen LogP contribution in [0.15, 0.2) is 78.7 Å². The van der Waals surface area contributed by atoms with Crippen LogP contribution in [0.3, 0.4) is 0 Å². The average molecular weight is 311 g/mol. The van der Waals surface area contributed by atoms with E-state index in [1.807, 2.05) is 65.8 Å². The summed E-state index contributed by atoms with van der Waals surface area (Å²) in [7, 11) is -1.22. The summed E-state index contributed by atoms with van der Waals surface area (Å²) in [5.74, 6) is 0. The first-order valence-corrected chi connectivity index (χ1v) is 8.30. The Bertz CT molecular complexity index is 662. The molecule has 2 aromatic carbocycles. The van der Waals surface area contributed by atoms with Crippen LogP contribution in [0, 0.1) is 6.92 Å². The molecule has 22 heavy (non-hydrogen) atoms. The van der Waals surface area contributed by atoms with Crippen LogP contribution >= 0.6 is 0 Å². The maximum atomic E-state index is 12.8. The molecule has 2 nitrogen and oxygen atoms in total. The maximum absolute atomic E-state index is 12.8. The fourth-order valence-electron chi connectivity index (χ4n) is 2.12. The van der Waals surface area contributed by atoms with E-state index >= 15 is 0 Å². The average Bonchev–Trinajstić information content (AvgIpc) is 2.55. The number of benzene rings is 2. The van der Waals surface area contributed by atoms with E-state index in [0.717, 1.165) is 21.6 Å². The lowest BCUT2D eigenvalue weighted by Crippen LogP contribution is -2.28. The van der Waals surface area contributed by atoms with Gasteiger partial charge in [0.2, 0.25) is 0 Å². The summed E-state index contributed by atoms with van der Waals surface area (Å²) >= 11 is 0. The van der Waals surface area contributed by atoms with Crippen LogP contribution in [0.2, 0.25) is 0 Å². The Morgan fingerprint density at radius 1 is 1.14 bits per heavy atom. The standard InChI is InChI=1S/C19H21NOS/c1-4-14-20(15-17(3)18-8-6-5-7-9-18)22(21)19-12-10-16(2)11-13-19/h4-13H,1,3,14-15H2,2H3. The van der Waals surface area contributed by atoms with E-state index in [9.17, 15) is 4.21 Å². The van der Waals surface area contributed by atoms with E-state index in [4.69, 9.17) is 0 Å². The summed E-state index contributed by atoms with van der Waals surface area (Å²) < 4.78 is 14.6. The topological polar surface area (TPSA) is 20.3 Å². The Kier molecular flexibility index (Phi) is 5.87. The fourth-order valence-corrected chi connectivity index (χ4v) is 3.30. The fraction of sp³-hybridized carbons (Fsp3) is 0.158. The minimum absolute atomic E-state index is 0.538. The molecule has 114 valence electrons. The van der Waals surface area contributed by atoms with Gasteiger partial charge >= 0.3 is 0 Å². The predicted octanol–water partition coefficient (Wildman–Crippen LogP) is 4.22. The molecule has 0 aliphatic heterocycles. The van der Waals surface area contributed by atoms with Gasteiger partial charge in [0.1, 0.15) is 11.0 Å². The molecule has 0 aliphatic rings. The quantitative estimate of drug-likeness (QED) is 0.701. The molecular weight excluding hydrogens is 290 g/mol. The highest BCUT2D eigenvalue weighted by Gasteiger charge is 2.15. The molecule has 0 aromatic heterocycles. The minimum Gasteiger partial charge on any atom is -0.237 e. The van der Waals surface area contributed by atoms with E-state index < -0.39 is 11.0 Å². The van der Waals surface area contributed by atoms with Gasteiger partial charge in [-0.05, 0) is 30.2 Å². The van der Waals surface area contributed by atoms with Crippen LogP contribution in [-0.4, -0.2) is 21.6 Å². The summed E-state index contributed by atoms with van der Waals surface area (Å²) in [6.45, 7) is 11.0. The molecule has 1 unspecified atom stereocenters. The Morgan fingerprint density at radius 3 is 2.36 bits per heavy atom. The zero-order valence-electron chi connectivity index (χ0n) is 12.9. The lowest BCUT2D eigenvalue weighted by molar-refractivity contribution is 0.536. The van der Waals surface area contributed by atoms with Gasteiger partial charge in [-0.2, -0.15) is 0 Å². The van der Waals surface area contributed by atoms with Crippen LogP contribution in [0.1, 0.15) is 11.1 Å². The van der Waals surface area contributed by atoms with Crippen molar-refractivity contribution in [3.63, 3.8) is 0 Å². The lowest BCUT2D eigenvalue weighted by atomic mass is 10.1. The Morgan fingerprint density at radius 2 is 1.77 bits per heavy atom. The lowest BCUT2D eigenvalue weighted by Gasteiger charge is -2.21. The molecule has 2 aromatic rings. The van der Waals surface area contributed by atoms with E-state index in [-0.39, 0.29) is 0 Å². The van der Waals surface area contributed by atoms with Crippen molar-refractivity contribution in [1.29, 1.82) is 0 Å². The van der Waals surface area contributed by atoms with Gasteiger partial charge in [0.05, 0.1) is 4.90 Å². The summed E-state index contributed by atoms with van der Waals surface area (Å²) in [6.07, 6.45) is 1.77. The third kappa shape index (κ3) is 4.26. The first-order chi connectivity index (χ1) is 10.6. The van der Waals surface area contributed by atoms with Gasteiger partial charge in [-0.25, -0.2) is 8.51 Å². The van der Waals surface area contributed by atoms with Gasteiger partial charge < -0.3 is 0 Å². The first kappa shape index (κ1) is 16.4. The van der Waals surface area contributed by atoms with Crippen molar-refractivity contribution >= 4 is 16.6 Å². The van der Waals surface area contributed by atoms with Crippen molar-refractivity contribution in [1.82, 2.24) is 4.31 Å². The molecule has 0 spiro atoms. The smallest absolute Gasteiger partial charge is 0.128 e. The number of aryl methyl sites for hydroxylation is 1. The Balaban J connectivity index is 2.15. The van der Waals surface area contributed by atoms with Crippen molar-refractivity contribution < 1.29 is 4.21 Å². The van der Waals surface area contributed by atoms with Crippen molar-refractivity contribution in [2.24, 2.45) is 0 Å². The second-order valence-corrected chi connectivity index (χ2v) is 6.63. The second-order valence-electron chi connectivity index (χ2n) is 5.14. The molecule has 2 rings (SSSR count). The van der Waals surface area contributed by atoms with Crippen LogP contribution in [0.25, 0.3) is 5.57 Å². The van der Waals surface area contributed by atoms with Gasteiger partial charge in [-0.1, -0.05) is 60.7 Å². The molecule has 0 heterocycles. The van der Waals surface area contributed by atoms with E-state index in [1.54, 1.807) is 6.08 Å². The summed E-state index contributed by atoms with van der Waals surface area (Å²) in [5.41, 5.74) is 3.17. The van der Waals surface area contributed by atoms with Crippen molar-refractivity contribution in [2.75, 3.05) is 13.1 Å². The summed E-state index contributed by atoms with van der Waals surface area (Å²) in [4.78, 5) is 0.799. The number of nitrogens with zero attached hydrogens (tertiary/aromatic N) is 1. The molecule has 0 radical (unpaired) electrons. The van der Waals surface area contributed by atoms with Gasteiger partial charge in [-0.15, -0.1) is 6.58 Å². The molecule has 0 saturated carbocycles. The molecule has 0 bridgehead atoms. The third-order valence-corrected chi connectivity index (χ3v) is 4.76. The van der Waals surface area contributed by atoms with E-state index in [1.165, 1.54) is 0 Å². The minimum atomic E-state index is -1.22. The molecule has 3 heteroatoms. The number of hydrogen-bond acceptors (Lipinski definition) is 1. The normalized spacial score (nSPS) is 12.1. The maximum Gasteiger partial charge on any atom is 0.128 e. The monoisotopic (exact) mass is 311 g/mol. The molecule has 0 amide bonds. The van der Waals surface area contributed by atoms with Gasteiger partial charge in [-0.3, -0.25) is 0 Å². The molecule has 0 N–H and O–H groups in total. The van der Waals surface area contributed by atoms with Gasteiger partial charge in [0.15, 0.2) is 0 Å². The van der Waals surface area contributed by atoms with Crippen molar-refractivity contribution in [3.8, 4) is 0 Å². The summed E-state index contributed by atoms with van der Waals surface area (Å²) in [6, 6.07) is 17.7. The Labute approximate surface area is 135 Å². The molecule has 0 aliphatic carbocycles. The van der Waals surface area contributed by atoms with Gasteiger partial charge in [0.25, 0.3) is 0 Å². The highest BCUT2D eigenvalue weighted by molar-refractivity contribution is 7.82. The predicted molar refractivity (Wildman–Crippen MR) is 94.8 cm³/mol. The van der Waals surface area contributed by atoms with Crippen LogP contribution < -0.4 is 0 Å². The molecule has 1 atom stereocenters. The van der Waals surface area contributed by atoms with Crippen LogP contribution in [-0.2, 0) is 11.0 Å². The molecular formula is C19H21NOS. The number of hydrogen-bond donors (Lipinski definition) is 0. The zero-order valence-corrected chi connectivity index (χ0v) is 13.7. The second kappa shape index (κ2) is 7.87. The van der Waals surface area contributed by atoms with Crippen LogP contribution in [0.4, 0.5) is 0 Å². The summed E-state index contributed by atoms with van der Waals surface area (Å²) in [5, 5.41) is 0. The van der Waals surface area contributed by atoms with Crippen LogP contribution in [0.5, 0.6) is 0 Å². The largest absolute Gasteiger partial charge is 0.237 e. The Hall–Kier alpha value is -1.97. The van der Waals surface area contributed by atoms with Gasteiger partial charge in [0, 0.05) is 13.1 Å². The van der Waals surface area contributed by atoms with Crippen molar-refractivity contribution in [2.45, 2.75) is 11.8 Å². The highest BCUT2D eigenvalue weighted by atomic mass is 32.2. The SMILES string of the molecule is C=CCN(CC(=C)c1ccccc1)S(=O)c1ccc(C)cc1. The van der Waals surface area contributed by atoms with E-state index in [0.29, 0.717) is 13.1 Å². The van der Waals surface area contributed by atoms with E-state index in [2.05, 4.69) is 13.2 Å². The molecule has 0 fully saturated rings.